The number of nitrogens with zero attached hydrogens (tertiary/aromatic N) is 2. The molecule has 0 unspecified atom stereocenters. The molecule has 0 bridgehead atoms. The van der Waals surface area contributed by atoms with Crippen LogP contribution in [0.25, 0.3) is 0 Å². The summed E-state index contributed by atoms with van der Waals surface area (Å²) < 4.78 is 5.44. The second-order valence-electron chi connectivity index (χ2n) is 11.4. The van der Waals surface area contributed by atoms with E-state index in [1.165, 1.54) is 12.0 Å². The highest BCUT2D eigenvalue weighted by atomic mass is 16.5. The van der Waals surface area contributed by atoms with Gasteiger partial charge in [-0.25, -0.2) is 0 Å². The molecule has 0 atom stereocenters. The highest BCUT2D eigenvalue weighted by Gasteiger charge is 2.25. The molecule has 0 radical (unpaired) electrons. The second-order valence-corrected chi connectivity index (χ2v) is 11.4. The third-order valence-corrected chi connectivity index (χ3v) is 8.62. The third kappa shape index (κ3) is 7.83. The van der Waals surface area contributed by atoms with Crippen molar-refractivity contribution in [1.29, 1.82) is 0 Å². The summed E-state index contributed by atoms with van der Waals surface area (Å²) in [6, 6.07) is 16.6. The van der Waals surface area contributed by atoms with Crippen LogP contribution in [-0.2, 0) is 16.0 Å². The van der Waals surface area contributed by atoms with Gasteiger partial charge in [-0.2, -0.15) is 0 Å². The predicted octanol–water partition coefficient (Wildman–Crippen LogP) is 4.73. The molecule has 5 rings (SSSR count). The average molecular weight is 533 g/mol. The van der Waals surface area contributed by atoms with Crippen LogP contribution in [0.15, 0.2) is 48.5 Å². The van der Waals surface area contributed by atoms with Gasteiger partial charge >= 0.3 is 0 Å². The first-order chi connectivity index (χ1) is 19.2. The molecule has 39 heavy (non-hydrogen) atoms. The molecule has 2 aliphatic heterocycles. The molecule has 0 spiro atoms. The number of nitrogens with one attached hydrogen (secondary N) is 2. The Morgan fingerprint density at radius 1 is 0.872 bits per heavy atom. The number of rotatable bonds is 9. The van der Waals surface area contributed by atoms with Gasteiger partial charge in [0.1, 0.15) is 0 Å². The molecule has 3 fully saturated rings. The Morgan fingerprint density at radius 3 is 2.36 bits per heavy atom. The molecule has 2 heterocycles. The maximum Gasteiger partial charge on any atom is 0.253 e. The predicted molar refractivity (Wildman–Crippen MR) is 156 cm³/mol. The fourth-order valence-corrected chi connectivity index (χ4v) is 6.25. The maximum absolute atomic E-state index is 13.5. The van der Waals surface area contributed by atoms with Crippen LogP contribution < -0.4 is 15.5 Å². The van der Waals surface area contributed by atoms with Gasteiger partial charge < -0.3 is 20.3 Å². The van der Waals surface area contributed by atoms with Gasteiger partial charge in [-0.05, 0) is 61.8 Å². The Kier molecular flexibility index (Phi) is 9.89. The molecule has 2 N–H and O–H groups in total. The molecule has 2 aromatic rings. The first-order valence-corrected chi connectivity index (χ1v) is 15.0. The summed E-state index contributed by atoms with van der Waals surface area (Å²) >= 11 is 0. The summed E-state index contributed by atoms with van der Waals surface area (Å²) in [4.78, 5) is 31.1. The number of morpholine rings is 1. The van der Waals surface area contributed by atoms with Crippen LogP contribution in [0.5, 0.6) is 0 Å². The molecule has 210 valence electrons. The third-order valence-electron chi connectivity index (χ3n) is 8.62. The van der Waals surface area contributed by atoms with E-state index in [2.05, 4.69) is 50.8 Å². The van der Waals surface area contributed by atoms with Crippen molar-refractivity contribution in [3.63, 3.8) is 0 Å². The molecule has 2 saturated heterocycles. The SMILES string of the molecule is O=C(NCCN1CCOCC1)c1cc(NC(=O)C2CCCCC2)ccc1N1CCC(Cc2ccccc2)CC1. The lowest BCUT2D eigenvalue weighted by Crippen LogP contribution is -2.41. The van der Waals surface area contributed by atoms with Crippen LogP contribution in [0.4, 0.5) is 11.4 Å². The Balaban J connectivity index is 1.25. The molecular formula is C32H44N4O3. The van der Waals surface area contributed by atoms with Crippen LogP contribution in [0, 0.1) is 11.8 Å². The molecule has 1 aliphatic carbocycles. The number of carbonyl (C=O) groups excluding carboxylic acids is 2. The Bertz CT molecular complexity index is 1070. The van der Waals surface area contributed by atoms with E-state index >= 15 is 0 Å². The minimum Gasteiger partial charge on any atom is -0.379 e. The van der Waals surface area contributed by atoms with Crippen molar-refractivity contribution in [3.05, 3.63) is 59.7 Å². The Morgan fingerprint density at radius 2 is 1.62 bits per heavy atom. The number of hydrogen-bond acceptors (Lipinski definition) is 5. The van der Waals surface area contributed by atoms with E-state index in [-0.39, 0.29) is 17.7 Å². The zero-order valence-electron chi connectivity index (χ0n) is 23.2. The summed E-state index contributed by atoms with van der Waals surface area (Å²) in [5.74, 6) is 0.748. The number of carbonyl (C=O) groups is 2. The first-order valence-electron chi connectivity index (χ1n) is 15.0. The smallest absolute Gasteiger partial charge is 0.253 e. The van der Waals surface area contributed by atoms with Crippen molar-refractivity contribution in [1.82, 2.24) is 10.2 Å². The van der Waals surface area contributed by atoms with E-state index in [1.54, 1.807) is 0 Å². The van der Waals surface area contributed by atoms with Crippen molar-refractivity contribution in [2.45, 2.75) is 51.4 Å². The Hall–Kier alpha value is -2.90. The minimum absolute atomic E-state index is 0.0709. The van der Waals surface area contributed by atoms with Crippen LogP contribution in [0.1, 0.15) is 60.9 Å². The number of hydrogen-bond donors (Lipinski definition) is 2. The standard InChI is InChI=1S/C32H44N4O3/c37-31(27-9-5-2-6-10-27)34-28-11-12-30(29(24-28)32(38)33-15-18-35-19-21-39-22-20-35)36-16-13-26(14-17-36)23-25-7-3-1-4-8-25/h1,3-4,7-8,11-12,24,26-27H,2,5-6,9-10,13-23H2,(H,33,38)(H,34,37). The van der Waals surface area contributed by atoms with Crippen molar-refractivity contribution >= 4 is 23.2 Å². The molecule has 2 amide bonds. The zero-order chi connectivity index (χ0) is 26.9. The molecule has 7 nitrogen and oxygen atoms in total. The molecule has 3 aliphatic rings. The summed E-state index contributed by atoms with van der Waals surface area (Å²) in [6.07, 6.45) is 8.68. The van der Waals surface area contributed by atoms with Gasteiger partial charge in [-0.3, -0.25) is 14.5 Å². The first kappa shape index (κ1) is 27.7. The van der Waals surface area contributed by atoms with Crippen LogP contribution >= 0.6 is 0 Å². The number of ether oxygens (including phenoxy) is 1. The number of amides is 2. The van der Waals surface area contributed by atoms with Crippen molar-refractivity contribution in [2.24, 2.45) is 11.8 Å². The van der Waals surface area contributed by atoms with Gasteiger partial charge in [0, 0.05) is 56.6 Å². The van der Waals surface area contributed by atoms with Gasteiger partial charge in [0.05, 0.1) is 18.8 Å². The van der Waals surface area contributed by atoms with Crippen LogP contribution in [-0.4, -0.2) is 69.2 Å². The van der Waals surface area contributed by atoms with Gasteiger partial charge in [-0.15, -0.1) is 0 Å². The van der Waals surface area contributed by atoms with Gasteiger partial charge in [0.2, 0.25) is 5.91 Å². The minimum atomic E-state index is -0.0709. The number of piperidine rings is 1. The van der Waals surface area contributed by atoms with Crippen LogP contribution in [0.3, 0.4) is 0 Å². The lowest BCUT2D eigenvalue weighted by molar-refractivity contribution is -0.120. The molecule has 1 saturated carbocycles. The monoisotopic (exact) mass is 532 g/mol. The van der Waals surface area contributed by atoms with E-state index in [1.807, 2.05) is 18.2 Å². The summed E-state index contributed by atoms with van der Waals surface area (Å²) in [5.41, 5.74) is 3.73. The van der Waals surface area contributed by atoms with Gasteiger partial charge in [0.15, 0.2) is 0 Å². The average Bonchev–Trinajstić information content (AvgIpc) is 2.99. The molecule has 0 aromatic heterocycles. The summed E-state index contributed by atoms with van der Waals surface area (Å²) in [6.45, 7) is 6.58. The fourth-order valence-electron chi connectivity index (χ4n) is 6.25. The number of benzene rings is 2. The quantitative estimate of drug-likeness (QED) is 0.489. The largest absolute Gasteiger partial charge is 0.379 e. The lowest BCUT2D eigenvalue weighted by Gasteiger charge is -2.35. The zero-order valence-corrected chi connectivity index (χ0v) is 23.2. The maximum atomic E-state index is 13.5. The highest BCUT2D eigenvalue weighted by Crippen LogP contribution is 2.31. The Labute approximate surface area is 233 Å². The van der Waals surface area contributed by atoms with E-state index in [0.717, 1.165) is 96.6 Å². The fraction of sp³-hybridized carbons (Fsp3) is 0.562. The van der Waals surface area contributed by atoms with E-state index < -0.39 is 0 Å². The van der Waals surface area contributed by atoms with Gasteiger partial charge in [-0.1, -0.05) is 49.6 Å². The molecule has 2 aromatic carbocycles. The van der Waals surface area contributed by atoms with Crippen molar-refractivity contribution in [2.75, 3.05) is 62.7 Å². The van der Waals surface area contributed by atoms with E-state index in [0.29, 0.717) is 23.7 Å². The number of anilines is 2. The highest BCUT2D eigenvalue weighted by molar-refractivity contribution is 6.02. The van der Waals surface area contributed by atoms with Crippen molar-refractivity contribution in [3.8, 4) is 0 Å². The van der Waals surface area contributed by atoms with E-state index in [4.69, 9.17) is 4.74 Å². The summed E-state index contributed by atoms with van der Waals surface area (Å²) in [7, 11) is 0. The molecule has 7 heteroatoms. The lowest BCUT2D eigenvalue weighted by atomic mass is 9.88. The molecular weight excluding hydrogens is 488 g/mol. The van der Waals surface area contributed by atoms with Crippen LogP contribution in [0.2, 0.25) is 0 Å². The second kappa shape index (κ2) is 13.9. The van der Waals surface area contributed by atoms with Crippen molar-refractivity contribution < 1.29 is 14.3 Å². The topological polar surface area (TPSA) is 73.9 Å². The van der Waals surface area contributed by atoms with E-state index in [9.17, 15) is 9.59 Å². The summed E-state index contributed by atoms with van der Waals surface area (Å²) in [5, 5.41) is 6.27. The normalized spacial score (nSPS) is 19.5. The van der Waals surface area contributed by atoms with Gasteiger partial charge in [0.25, 0.3) is 5.91 Å².